The average molecular weight is 360 g/mol. The summed E-state index contributed by atoms with van der Waals surface area (Å²) in [6.07, 6.45) is 6.18. The van der Waals surface area contributed by atoms with Gasteiger partial charge in [-0.05, 0) is 38.0 Å². The zero-order valence-electron chi connectivity index (χ0n) is 15.6. The van der Waals surface area contributed by atoms with Gasteiger partial charge in [-0.1, -0.05) is 6.92 Å². The summed E-state index contributed by atoms with van der Waals surface area (Å²) in [7, 11) is 0. The molecule has 0 saturated carbocycles. The zero-order valence-corrected chi connectivity index (χ0v) is 15.6. The van der Waals surface area contributed by atoms with Crippen molar-refractivity contribution in [3.63, 3.8) is 0 Å². The minimum Gasteiger partial charge on any atom is -0.383 e. The molecule has 1 aromatic heterocycles. The summed E-state index contributed by atoms with van der Waals surface area (Å²) in [5, 5.41) is 9.78. The van der Waals surface area contributed by atoms with Crippen molar-refractivity contribution in [2.45, 2.75) is 58.6 Å². The van der Waals surface area contributed by atoms with Gasteiger partial charge in [-0.15, -0.1) is 0 Å². The minimum atomic E-state index is -0.895. The molecule has 142 valence electrons. The second kappa shape index (κ2) is 7.70. The molecule has 0 bridgehead atoms. The van der Waals surface area contributed by atoms with Crippen LogP contribution in [0.2, 0.25) is 0 Å². The molecule has 2 amide bonds. The smallest absolute Gasteiger partial charge is 0.251 e. The highest BCUT2D eigenvalue weighted by atomic mass is 16.3. The van der Waals surface area contributed by atoms with Crippen LogP contribution in [0.5, 0.6) is 0 Å². The number of rotatable bonds is 4. The maximum absolute atomic E-state index is 12.4. The molecule has 2 aliphatic heterocycles. The van der Waals surface area contributed by atoms with Crippen molar-refractivity contribution in [3.05, 3.63) is 23.8 Å². The maximum atomic E-state index is 12.4. The number of amides is 2. The molecule has 0 unspecified atom stereocenters. The molecule has 26 heavy (non-hydrogen) atoms. The number of piperidine rings is 2. The normalized spacial score (nSPS) is 21.1. The largest absolute Gasteiger partial charge is 0.383 e. The van der Waals surface area contributed by atoms with Gasteiger partial charge < -0.3 is 14.9 Å². The number of hydrogen-bond acceptors (Lipinski definition) is 5. The van der Waals surface area contributed by atoms with Crippen LogP contribution in [0.25, 0.3) is 0 Å². The summed E-state index contributed by atoms with van der Waals surface area (Å²) in [5.74, 6) is -0.000988. The molecular weight excluding hydrogens is 332 g/mol. The molecule has 3 heterocycles. The Kier molecular flexibility index (Phi) is 5.55. The fourth-order valence-corrected chi connectivity index (χ4v) is 3.94. The van der Waals surface area contributed by atoms with Crippen molar-refractivity contribution >= 4 is 11.8 Å². The van der Waals surface area contributed by atoms with E-state index in [2.05, 4.69) is 9.97 Å². The Morgan fingerprint density at radius 3 is 2.62 bits per heavy atom. The van der Waals surface area contributed by atoms with Gasteiger partial charge in [0.15, 0.2) is 0 Å². The fraction of sp³-hybridized carbons (Fsp3) is 0.684. The Bertz CT molecular complexity index is 653. The van der Waals surface area contributed by atoms with E-state index in [1.54, 1.807) is 17.3 Å². The van der Waals surface area contributed by atoms with Crippen molar-refractivity contribution < 1.29 is 14.7 Å². The second-order valence-electron chi connectivity index (χ2n) is 7.65. The topological polar surface area (TPSA) is 86.6 Å². The van der Waals surface area contributed by atoms with Gasteiger partial charge in [-0.2, -0.15) is 0 Å². The van der Waals surface area contributed by atoms with Crippen molar-refractivity contribution in [2.75, 3.05) is 19.6 Å². The number of hydrogen-bond donors (Lipinski definition) is 1. The van der Waals surface area contributed by atoms with Crippen LogP contribution in [-0.2, 0) is 16.1 Å². The Morgan fingerprint density at radius 2 is 2.00 bits per heavy atom. The number of aromatic nitrogens is 2. The van der Waals surface area contributed by atoms with E-state index in [9.17, 15) is 14.7 Å². The van der Waals surface area contributed by atoms with Gasteiger partial charge in [-0.25, -0.2) is 0 Å². The Balaban J connectivity index is 1.62. The highest BCUT2D eigenvalue weighted by molar-refractivity contribution is 5.80. The third-order valence-corrected chi connectivity index (χ3v) is 5.74. The quantitative estimate of drug-likeness (QED) is 0.874. The predicted octanol–water partition coefficient (Wildman–Crippen LogP) is 1.29. The minimum absolute atomic E-state index is 0.0694. The van der Waals surface area contributed by atoms with Crippen LogP contribution in [0.1, 0.15) is 50.4 Å². The number of carbonyl (C=O) groups excluding carboxylic acids is 2. The van der Waals surface area contributed by atoms with Gasteiger partial charge in [0.05, 0.1) is 24.1 Å². The van der Waals surface area contributed by atoms with Crippen molar-refractivity contribution in [1.82, 2.24) is 19.8 Å². The number of likely N-dealkylation sites (tertiary alicyclic amines) is 2. The van der Waals surface area contributed by atoms with Crippen LogP contribution in [0.15, 0.2) is 12.4 Å². The summed E-state index contributed by atoms with van der Waals surface area (Å²) in [6.45, 7) is 6.21. The Morgan fingerprint density at radius 1 is 1.27 bits per heavy atom. The van der Waals surface area contributed by atoms with Gasteiger partial charge in [0, 0.05) is 32.3 Å². The number of carbonyl (C=O) groups is 2. The van der Waals surface area contributed by atoms with Crippen molar-refractivity contribution in [2.24, 2.45) is 5.41 Å². The first-order valence-corrected chi connectivity index (χ1v) is 9.44. The van der Waals surface area contributed by atoms with Crippen LogP contribution < -0.4 is 0 Å². The van der Waals surface area contributed by atoms with E-state index in [0.717, 1.165) is 30.7 Å². The first kappa shape index (κ1) is 18.8. The van der Waals surface area contributed by atoms with Gasteiger partial charge in [0.1, 0.15) is 6.10 Å². The number of nitrogens with zero attached hydrogens (tertiary/aromatic N) is 4. The average Bonchev–Trinajstić information content (AvgIpc) is 2.66. The molecule has 0 radical (unpaired) electrons. The van der Waals surface area contributed by atoms with E-state index in [4.69, 9.17) is 0 Å². The first-order valence-electron chi connectivity index (χ1n) is 9.44. The molecule has 3 rings (SSSR count). The SMILES string of the molecule is CC[C@@H](O)C(=O)N1CCC2(CCC(=O)N(Cc3cnc(C)cn3)C2)CC1. The number of aliphatic hydroxyl groups is 1. The summed E-state index contributed by atoms with van der Waals surface area (Å²) in [5.41, 5.74) is 1.74. The van der Waals surface area contributed by atoms with Crippen LogP contribution in [0.3, 0.4) is 0 Å². The summed E-state index contributed by atoms with van der Waals surface area (Å²) in [4.78, 5) is 36.8. The first-order chi connectivity index (χ1) is 12.4. The highest BCUT2D eigenvalue weighted by Gasteiger charge is 2.42. The third kappa shape index (κ3) is 4.03. The zero-order chi connectivity index (χ0) is 18.7. The molecule has 7 nitrogen and oxygen atoms in total. The van der Waals surface area contributed by atoms with E-state index >= 15 is 0 Å². The molecule has 2 fully saturated rings. The summed E-state index contributed by atoms with van der Waals surface area (Å²) in [6, 6.07) is 0. The fourth-order valence-electron chi connectivity index (χ4n) is 3.94. The van der Waals surface area contributed by atoms with E-state index in [1.807, 2.05) is 18.7 Å². The lowest BCUT2D eigenvalue weighted by atomic mass is 9.72. The molecule has 7 heteroatoms. The molecule has 2 aliphatic rings. The van der Waals surface area contributed by atoms with Gasteiger partial charge in [-0.3, -0.25) is 19.6 Å². The Labute approximate surface area is 154 Å². The van der Waals surface area contributed by atoms with E-state index in [-0.39, 0.29) is 17.2 Å². The number of aliphatic hydroxyl groups excluding tert-OH is 1. The third-order valence-electron chi connectivity index (χ3n) is 5.74. The van der Waals surface area contributed by atoms with Crippen LogP contribution in [0.4, 0.5) is 0 Å². The molecule has 0 aromatic carbocycles. The van der Waals surface area contributed by atoms with E-state index in [0.29, 0.717) is 39.0 Å². The van der Waals surface area contributed by atoms with Gasteiger partial charge >= 0.3 is 0 Å². The predicted molar refractivity (Wildman–Crippen MR) is 96.0 cm³/mol. The van der Waals surface area contributed by atoms with Gasteiger partial charge in [0.25, 0.3) is 5.91 Å². The van der Waals surface area contributed by atoms with Crippen molar-refractivity contribution in [1.29, 1.82) is 0 Å². The van der Waals surface area contributed by atoms with Crippen molar-refractivity contribution in [3.8, 4) is 0 Å². The molecule has 0 aliphatic carbocycles. The second-order valence-corrected chi connectivity index (χ2v) is 7.65. The summed E-state index contributed by atoms with van der Waals surface area (Å²) < 4.78 is 0. The van der Waals surface area contributed by atoms with E-state index in [1.165, 1.54) is 0 Å². The van der Waals surface area contributed by atoms with Gasteiger partial charge in [0.2, 0.25) is 5.91 Å². The lowest BCUT2D eigenvalue weighted by molar-refractivity contribution is -0.147. The molecule has 1 spiro atoms. The van der Waals surface area contributed by atoms with Crippen LogP contribution in [-0.4, -0.2) is 62.4 Å². The van der Waals surface area contributed by atoms with Crippen LogP contribution in [0, 0.1) is 12.3 Å². The molecule has 2 saturated heterocycles. The summed E-state index contributed by atoms with van der Waals surface area (Å²) >= 11 is 0. The monoisotopic (exact) mass is 360 g/mol. The molecule has 1 N–H and O–H groups in total. The lowest BCUT2D eigenvalue weighted by Gasteiger charge is -2.47. The standard InChI is InChI=1S/C19H28N4O3/c1-3-16(24)18(26)22-8-6-19(7-9-22)5-4-17(25)23(13-19)12-15-11-20-14(2)10-21-15/h10-11,16,24H,3-9,12-13H2,1-2H3/t16-/m1/s1. The molecular formula is C19H28N4O3. The maximum Gasteiger partial charge on any atom is 0.251 e. The van der Waals surface area contributed by atoms with Crippen LogP contribution >= 0.6 is 0 Å². The van der Waals surface area contributed by atoms with E-state index < -0.39 is 6.10 Å². The Hall–Kier alpha value is -2.02. The molecule has 1 aromatic rings. The number of aryl methyl sites for hydroxylation is 1. The highest BCUT2D eigenvalue weighted by Crippen LogP contribution is 2.40. The molecule has 1 atom stereocenters. The lowest BCUT2D eigenvalue weighted by Crippen LogP contribution is -2.53.